The summed E-state index contributed by atoms with van der Waals surface area (Å²) in [5.74, 6) is 0.905. The molecule has 0 radical (unpaired) electrons. The summed E-state index contributed by atoms with van der Waals surface area (Å²) in [6.45, 7) is 2.42. The number of fused-ring (bicyclic) bond motifs is 1. The topological polar surface area (TPSA) is 76.7 Å². The SMILES string of the molecule is Cc1ccc(C(=O)NCCC(=O)Nc2ccc3c(c2)OCO3)cc1. The van der Waals surface area contributed by atoms with Crippen molar-refractivity contribution in [2.24, 2.45) is 0 Å². The van der Waals surface area contributed by atoms with Crippen LogP contribution in [-0.4, -0.2) is 25.2 Å². The summed E-state index contributed by atoms with van der Waals surface area (Å²) in [4.78, 5) is 23.9. The first kappa shape index (κ1) is 15.9. The van der Waals surface area contributed by atoms with E-state index in [1.165, 1.54) is 0 Å². The number of amides is 2. The zero-order chi connectivity index (χ0) is 16.9. The maximum atomic E-state index is 12.0. The fourth-order valence-electron chi connectivity index (χ4n) is 2.29. The van der Waals surface area contributed by atoms with E-state index in [1.54, 1.807) is 30.3 Å². The second-order valence-corrected chi connectivity index (χ2v) is 5.49. The van der Waals surface area contributed by atoms with Gasteiger partial charge in [-0.3, -0.25) is 9.59 Å². The molecule has 2 aromatic carbocycles. The number of rotatable bonds is 5. The highest BCUT2D eigenvalue weighted by Crippen LogP contribution is 2.34. The molecule has 0 unspecified atom stereocenters. The number of carbonyl (C=O) groups excluding carboxylic acids is 2. The van der Waals surface area contributed by atoms with E-state index in [1.807, 2.05) is 19.1 Å². The molecule has 6 heteroatoms. The van der Waals surface area contributed by atoms with Crippen molar-refractivity contribution in [3.05, 3.63) is 53.6 Å². The largest absolute Gasteiger partial charge is 0.454 e. The lowest BCUT2D eigenvalue weighted by molar-refractivity contribution is -0.116. The number of hydrogen-bond acceptors (Lipinski definition) is 4. The second-order valence-electron chi connectivity index (χ2n) is 5.49. The first-order chi connectivity index (χ1) is 11.6. The summed E-state index contributed by atoms with van der Waals surface area (Å²) in [5, 5.41) is 5.50. The van der Waals surface area contributed by atoms with Gasteiger partial charge in [-0.15, -0.1) is 0 Å². The molecule has 2 amide bonds. The molecule has 0 fully saturated rings. The standard InChI is InChI=1S/C18H18N2O4/c1-12-2-4-13(5-3-12)18(22)19-9-8-17(21)20-14-6-7-15-16(10-14)24-11-23-15/h2-7,10H,8-9,11H2,1H3,(H,19,22)(H,20,21). The Bertz CT molecular complexity index is 756. The Morgan fingerprint density at radius 3 is 2.58 bits per heavy atom. The van der Waals surface area contributed by atoms with Gasteiger partial charge in [0.05, 0.1) is 0 Å². The van der Waals surface area contributed by atoms with Crippen LogP contribution in [0.15, 0.2) is 42.5 Å². The van der Waals surface area contributed by atoms with Crippen molar-refractivity contribution < 1.29 is 19.1 Å². The van der Waals surface area contributed by atoms with Crippen LogP contribution in [0, 0.1) is 6.92 Å². The molecule has 1 aliphatic rings. The van der Waals surface area contributed by atoms with Gasteiger partial charge in [0.1, 0.15) is 0 Å². The molecule has 0 atom stereocenters. The van der Waals surface area contributed by atoms with Gasteiger partial charge in [0.15, 0.2) is 11.5 Å². The molecule has 0 saturated carbocycles. The average Bonchev–Trinajstić information content (AvgIpc) is 3.03. The van der Waals surface area contributed by atoms with Crippen molar-refractivity contribution in [2.45, 2.75) is 13.3 Å². The molecule has 0 spiro atoms. The highest BCUT2D eigenvalue weighted by molar-refractivity contribution is 5.95. The Kier molecular flexibility index (Phi) is 4.65. The first-order valence-corrected chi connectivity index (χ1v) is 7.66. The monoisotopic (exact) mass is 326 g/mol. The van der Waals surface area contributed by atoms with Gasteiger partial charge in [0.25, 0.3) is 5.91 Å². The molecule has 0 aromatic heterocycles. The smallest absolute Gasteiger partial charge is 0.251 e. The Morgan fingerprint density at radius 1 is 1.04 bits per heavy atom. The molecular weight excluding hydrogens is 308 g/mol. The Morgan fingerprint density at radius 2 is 1.79 bits per heavy atom. The van der Waals surface area contributed by atoms with Crippen molar-refractivity contribution in [1.29, 1.82) is 0 Å². The van der Waals surface area contributed by atoms with Crippen molar-refractivity contribution in [3.8, 4) is 11.5 Å². The Labute approximate surface area is 139 Å². The number of aryl methyl sites for hydroxylation is 1. The van der Waals surface area contributed by atoms with Gasteiger partial charge in [-0.25, -0.2) is 0 Å². The fourth-order valence-corrected chi connectivity index (χ4v) is 2.29. The van der Waals surface area contributed by atoms with Crippen LogP contribution < -0.4 is 20.1 Å². The number of carbonyl (C=O) groups is 2. The van der Waals surface area contributed by atoms with Crippen molar-refractivity contribution in [1.82, 2.24) is 5.32 Å². The van der Waals surface area contributed by atoms with Crippen LogP contribution in [0.1, 0.15) is 22.3 Å². The highest BCUT2D eigenvalue weighted by Gasteiger charge is 2.14. The first-order valence-electron chi connectivity index (χ1n) is 7.66. The lowest BCUT2D eigenvalue weighted by atomic mass is 10.1. The minimum atomic E-state index is -0.189. The van der Waals surface area contributed by atoms with E-state index in [4.69, 9.17) is 9.47 Å². The summed E-state index contributed by atoms with van der Waals surface area (Å²) in [7, 11) is 0. The predicted octanol–water partition coefficient (Wildman–Crippen LogP) is 2.48. The van der Waals surface area contributed by atoms with Crippen LogP contribution >= 0.6 is 0 Å². The van der Waals surface area contributed by atoms with E-state index >= 15 is 0 Å². The van der Waals surface area contributed by atoms with Crippen LogP contribution in [0.25, 0.3) is 0 Å². The summed E-state index contributed by atoms with van der Waals surface area (Å²) in [5.41, 5.74) is 2.31. The van der Waals surface area contributed by atoms with Crippen molar-refractivity contribution in [3.63, 3.8) is 0 Å². The van der Waals surface area contributed by atoms with Gasteiger partial charge in [-0.05, 0) is 31.2 Å². The molecule has 1 aliphatic heterocycles. The minimum Gasteiger partial charge on any atom is -0.454 e. The molecule has 0 saturated heterocycles. The summed E-state index contributed by atoms with van der Waals surface area (Å²) in [6, 6.07) is 12.5. The van der Waals surface area contributed by atoms with Crippen LogP contribution in [0.5, 0.6) is 11.5 Å². The van der Waals surface area contributed by atoms with Gasteiger partial charge in [0, 0.05) is 30.3 Å². The van der Waals surface area contributed by atoms with E-state index in [0.717, 1.165) is 5.56 Å². The van der Waals surface area contributed by atoms with E-state index in [0.29, 0.717) is 22.7 Å². The molecular formula is C18H18N2O4. The molecule has 0 aliphatic carbocycles. The van der Waals surface area contributed by atoms with Crippen LogP contribution in [-0.2, 0) is 4.79 Å². The van der Waals surface area contributed by atoms with Gasteiger partial charge < -0.3 is 20.1 Å². The number of ether oxygens (including phenoxy) is 2. The Balaban J connectivity index is 1.45. The summed E-state index contributed by atoms with van der Waals surface area (Å²) >= 11 is 0. The molecule has 24 heavy (non-hydrogen) atoms. The molecule has 3 rings (SSSR count). The van der Waals surface area contributed by atoms with Crippen LogP contribution in [0.2, 0.25) is 0 Å². The summed E-state index contributed by atoms with van der Waals surface area (Å²) < 4.78 is 10.5. The normalized spacial score (nSPS) is 11.9. The lowest BCUT2D eigenvalue weighted by Crippen LogP contribution is -2.27. The van der Waals surface area contributed by atoms with Gasteiger partial charge in [-0.1, -0.05) is 17.7 Å². The molecule has 2 N–H and O–H groups in total. The highest BCUT2D eigenvalue weighted by atomic mass is 16.7. The van der Waals surface area contributed by atoms with Gasteiger partial charge in [-0.2, -0.15) is 0 Å². The maximum absolute atomic E-state index is 12.0. The maximum Gasteiger partial charge on any atom is 0.251 e. The lowest BCUT2D eigenvalue weighted by Gasteiger charge is -2.07. The number of hydrogen-bond donors (Lipinski definition) is 2. The minimum absolute atomic E-state index is 0.182. The van der Waals surface area contributed by atoms with E-state index in [-0.39, 0.29) is 31.6 Å². The van der Waals surface area contributed by atoms with Gasteiger partial charge in [0.2, 0.25) is 12.7 Å². The number of benzene rings is 2. The zero-order valence-corrected chi connectivity index (χ0v) is 13.3. The quantitative estimate of drug-likeness (QED) is 0.885. The van der Waals surface area contributed by atoms with Crippen LogP contribution in [0.4, 0.5) is 5.69 Å². The predicted molar refractivity (Wildman–Crippen MR) is 89.3 cm³/mol. The Hall–Kier alpha value is -3.02. The average molecular weight is 326 g/mol. The molecule has 0 bridgehead atoms. The third-order valence-corrected chi connectivity index (χ3v) is 3.61. The third-order valence-electron chi connectivity index (χ3n) is 3.61. The molecule has 124 valence electrons. The fraction of sp³-hybridized carbons (Fsp3) is 0.222. The number of nitrogens with one attached hydrogen (secondary N) is 2. The third kappa shape index (κ3) is 3.84. The molecule has 6 nitrogen and oxygen atoms in total. The zero-order valence-electron chi connectivity index (χ0n) is 13.3. The van der Waals surface area contributed by atoms with Crippen molar-refractivity contribution in [2.75, 3.05) is 18.7 Å². The summed E-state index contributed by atoms with van der Waals surface area (Å²) in [6.07, 6.45) is 0.187. The van der Waals surface area contributed by atoms with E-state index in [2.05, 4.69) is 10.6 Å². The van der Waals surface area contributed by atoms with Gasteiger partial charge >= 0.3 is 0 Å². The molecule has 2 aromatic rings. The number of anilines is 1. The van der Waals surface area contributed by atoms with E-state index < -0.39 is 0 Å². The van der Waals surface area contributed by atoms with Crippen LogP contribution in [0.3, 0.4) is 0 Å². The second kappa shape index (κ2) is 7.04. The van der Waals surface area contributed by atoms with E-state index in [9.17, 15) is 9.59 Å². The molecule has 1 heterocycles. The van der Waals surface area contributed by atoms with Crippen molar-refractivity contribution >= 4 is 17.5 Å².